The Bertz CT molecular complexity index is 981. The molecular weight excluding hydrogens is 410 g/mol. The minimum absolute atomic E-state index is 0.112. The van der Waals surface area contributed by atoms with Gasteiger partial charge in [0.1, 0.15) is 0 Å². The highest BCUT2D eigenvalue weighted by atomic mass is 32.2. The Labute approximate surface area is 175 Å². The Morgan fingerprint density at radius 1 is 1.10 bits per heavy atom. The molecule has 7 nitrogen and oxygen atoms in total. The molecule has 3 rings (SSSR count). The molecule has 1 aliphatic heterocycles. The number of pyridine rings is 1. The van der Waals surface area contributed by atoms with Crippen LogP contribution in [0.1, 0.15) is 30.1 Å². The summed E-state index contributed by atoms with van der Waals surface area (Å²) in [4.78, 5) is 28.3. The van der Waals surface area contributed by atoms with Crippen molar-refractivity contribution < 1.29 is 18.0 Å². The maximum Gasteiger partial charge on any atom is 0.243 e. The molecule has 0 atom stereocenters. The number of piperidine rings is 1. The number of Topliss-reactive ketones (excluding diaryl/α,β-unsaturated/α-hetero) is 1. The third-order valence-corrected chi connectivity index (χ3v) is 7.51. The van der Waals surface area contributed by atoms with E-state index in [9.17, 15) is 18.0 Å². The highest BCUT2D eigenvalue weighted by Gasteiger charge is 2.32. The lowest BCUT2D eigenvalue weighted by atomic mass is 9.97. The number of nitrogens with one attached hydrogen (secondary N) is 1. The van der Waals surface area contributed by atoms with Crippen LogP contribution in [-0.2, 0) is 14.8 Å². The number of nitrogens with zero attached hydrogens (tertiary/aromatic N) is 2. The molecule has 0 aliphatic carbocycles. The van der Waals surface area contributed by atoms with Crippen molar-refractivity contribution in [2.45, 2.75) is 29.7 Å². The number of rotatable bonds is 6. The molecule has 1 saturated heterocycles. The van der Waals surface area contributed by atoms with Gasteiger partial charge in [-0.15, -0.1) is 11.8 Å². The number of hydrogen-bond donors (Lipinski definition) is 1. The van der Waals surface area contributed by atoms with Crippen LogP contribution in [0.3, 0.4) is 0 Å². The second kappa shape index (κ2) is 9.06. The van der Waals surface area contributed by atoms with Crippen molar-refractivity contribution >= 4 is 39.2 Å². The molecule has 2 aromatic rings. The first-order valence-electron chi connectivity index (χ1n) is 9.23. The quantitative estimate of drug-likeness (QED) is 0.556. The largest absolute Gasteiger partial charge is 0.324 e. The van der Waals surface area contributed by atoms with Gasteiger partial charge in [-0.3, -0.25) is 9.59 Å². The third-order valence-electron chi connectivity index (χ3n) is 4.94. The van der Waals surface area contributed by atoms with Gasteiger partial charge >= 0.3 is 0 Å². The fourth-order valence-electron chi connectivity index (χ4n) is 3.19. The van der Waals surface area contributed by atoms with Gasteiger partial charge in [0.2, 0.25) is 15.9 Å². The normalized spacial score (nSPS) is 15.8. The SMILES string of the molecule is CSc1ccc(NC(=O)C2CCN(S(=O)(=O)c3ccc(C(C)=O)cc3)CC2)cn1. The standard InChI is InChI=1S/C20H23N3O4S2/c1-14(24)15-3-6-18(7-4-15)29(26,27)23-11-9-16(10-12-23)20(25)22-17-5-8-19(28-2)21-13-17/h3-8,13,16H,9-12H2,1-2H3,(H,22,25). The lowest BCUT2D eigenvalue weighted by molar-refractivity contribution is -0.120. The van der Waals surface area contributed by atoms with Gasteiger partial charge in [-0.05, 0) is 50.3 Å². The Balaban J connectivity index is 1.60. The van der Waals surface area contributed by atoms with Gasteiger partial charge in [-0.25, -0.2) is 13.4 Å². The Morgan fingerprint density at radius 3 is 2.28 bits per heavy atom. The van der Waals surface area contributed by atoms with E-state index in [2.05, 4.69) is 10.3 Å². The molecule has 2 heterocycles. The molecule has 0 unspecified atom stereocenters. The number of carbonyl (C=O) groups is 2. The van der Waals surface area contributed by atoms with Crippen LogP contribution >= 0.6 is 11.8 Å². The lowest BCUT2D eigenvalue weighted by Crippen LogP contribution is -2.41. The number of aromatic nitrogens is 1. The van der Waals surface area contributed by atoms with E-state index in [0.29, 0.717) is 24.1 Å². The summed E-state index contributed by atoms with van der Waals surface area (Å²) < 4.78 is 27.1. The minimum atomic E-state index is -3.64. The Kier molecular flexibility index (Phi) is 6.71. The van der Waals surface area contributed by atoms with Gasteiger partial charge in [0.25, 0.3) is 0 Å². The predicted molar refractivity (Wildman–Crippen MR) is 113 cm³/mol. The van der Waals surface area contributed by atoms with Crippen molar-refractivity contribution in [3.63, 3.8) is 0 Å². The van der Waals surface area contributed by atoms with E-state index in [4.69, 9.17) is 0 Å². The van der Waals surface area contributed by atoms with Crippen LogP contribution in [0, 0.1) is 5.92 Å². The first-order chi connectivity index (χ1) is 13.8. The summed E-state index contributed by atoms with van der Waals surface area (Å²) in [5.41, 5.74) is 1.10. The average Bonchev–Trinajstić information content (AvgIpc) is 2.74. The molecule has 1 aromatic heterocycles. The first kappa shape index (κ1) is 21.5. The smallest absolute Gasteiger partial charge is 0.243 e. The van der Waals surface area contributed by atoms with Crippen LogP contribution in [0.25, 0.3) is 0 Å². The number of benzene rings is 1. The van der Waals surface area contributed by atoms with E-state index >= 15 is 0 Å². The summed E-state index contributed by atoms with van der Waals surface area (Å²) in [5, 5.41) is 3.73. The molecule has 0 spiro atoms. The molecule has 29 heavy (non-hydrogen) atoms. The lowest BCUT2D eigenvalue weighted by Gasteiger charge is -2.30. The summed E-state index contributed by atoms with van der Waals surface area (Å²) in [6.45, 7) is 1.99. The zero-order chi connectivity index (χ0) is 21.0. The number of amides is 1. The van der Waals surface area contributed by atoms with E-state index < -0.39 is 10.0 Å². The summed E-state index contributed by atoms with van der Waals surface area (Å²) in [5.74, 6) is -0.479. The molecule has 0 radical (unpaired) electrons. The van der Waals surface area contributed by atoms with Gasteiger partial charge in [-0.2, -0.15) is 4.31 Å². The van der Waals surface area contributed by atoms with Crippen molar-refractivity contribution in [3.05, 3.63) is 48.2 Å². The van der Waals surface area contributed by atoms with Gasteiger partial charge in [0.05, 0.1) is 21.8 Å². The molecule has 0 saturated carbocycles. The molecule has 1 N–H and O–H groups in total. The van der Waals surface area contributed by atoms with Crippen molar-refractivity contribution in [2.24, 2.45) is 5.92 Å². The fourth-order valence-corrected chi connectivity index (χ4v) is 5.02. The van der Waals surface area contributed by atoms with E-state index in [0.717, 1.165) is 5.03 Å². The first-order valence-corrected chi connectivity index (χ1v) is 11.9. The van der Waals surface area contributed by atoms with Crippen LogP contribution in [0.4, 0.5) is 5.69 Å². The number of sulfonamides is 1. The van der Waals surface area contributed by atoms with Crippen molar-refractivity contribution in [1.29, 1.82) is 0 Å². The number of hydrogen-bond acceptors (Lipinski definition) is 6. The molecule has 1 aliphatic rings. The monoisotopic (exact) mass is 433 g/mol. The van der Waals surface area contributed by atoms with Crippen molar-refractivity contribution in [3.8, 4) is 0 Å². The number of ketones is 1. The maximum absolute atomic E-state index is 12.8. The number of thioether (sulfide) groups is 1. The second-order valence-electron chi connectivity index (χ2n) is 6.84. The van der Waals surface area contributed by atoms with Crippen LogP contribution in [0.5, 0.6) is 0 Å². The van der Waals surface area contributed by atoms with Gasteiger partial charge in [-0.1, -0.05) is 12.1 Å². The van der Waals surface area contributed by atoms with E-state index in [1.807, 2.05) is 12.3 Å². The molecule has 1 amide bonds. The Hall–Kier alpha value is -2.23. The average molecular weight is 434 g/mol. The van der Waals surface area contributed by atoms with Crippen LogP contribution in [0.2, 0.25) is 0 Å². The number of anilines is 1. The van der Waals surface area contributed by atoms with Crippen LogP contribution in [-0.4, -0.2) is 48.7 Å². The van der Waals surface area contributed by atoms with Gasteiger partial charge < -0.3 is 5.32 Å². The fraction of sp³-hybridized carbons (Fsp3) is 0.350. The molecule has 1 aromatic carbocycles. The van der Waals surface area contributed by atoms with E-state index in [1.54, 1.807) is 12.3 Å². The molecular formula is C20H23N3O4S2. The molecule has 1 fully saturated rings. The zero-order valence-corrected chi connectivity index (χ0v) is 17.9. The summed E-state index contributed by atoms with van der Waals surface area (Å²) in [6.07, 6.45) is 4.45. The highest BCUT2D eigenvalue weighted by Crippen LogP contribution is 2.25. The molecule has 9 heteroatoms. The van der Waals surface area contributed by atoms with Crippen LogP contribution < -0.4 is 5.32 Å². The van der Waals surface area contributed by atoms with Crippen molar-refractivity contribution in [1.82, 2.24) is 9.29 Å². The molecule has 0 bridgehead atoms. The number of carbonyl (C=O) groups excluding carboxylic acids is 2. The van der Waals surface area contributed by atoms with E-state index in [-0.39, 0.29) is 35.6 Å². The second-order valence-corrected chi connectivity index (χ2v) is 9.60. The third kappa shape index (κ3) is 5.04. The summed E-state index contributed by atoms with van der Waals surface area (Å²) in [6, 6.07) is 9.59. The highest BCUT2D eigenvalue weighted by molar-refractivity contribution is 7.98. The predicted octanol–water partition coefficient (Wildman–Crippen LogP) is 3.05. The van der Waals surface area contributed by atoms with Gasteiger partial charge in [0, 0.05) is 24.6 Å². The maximum atomic E-state index is 12.8. The van der Waals surface area contributed by atoms with Crippen molar-refractivity contribution in [2.75, 3.05) is 24.7 Å². The summed E-state index contributed by atoms with van der Waals surface area (Å²) >= 11 is 1.52. The molecule has 154 valence electrons. The summed E-state index contributed by atoms with van der Waals surface area (Å²) in [7, 11) is -3.64. The Morgan fingerprint density at radius 2 is 1.76 bits per heavy atom. The van der Waals surface area contributed by atoms with Crippen LogP contribution in [0.15, 0.2) is 52.5 Å². The topological polar surface area (TPSA) is 96.4 Å². The van der Waals surface area contributed by atoms with E-state index in [1.165, 1.54) is 47.3 Å². The zero-order valence-electron chi connectivity index (χ0n) is 16.3. The van der Waals surface area contributed by atoms with Gasteiger partial charge in [0.15, 0.2) is 5.78 Å². The minimum Gasteiger partial charge on any atom is -0.324 e.